The molecule has 0 bridgehead atoms. The van der Waals surface area contributed by atoms with E-state index in [-0.39, 0.29) is 6.23 Å². The molecule has 1 aliphatic heterocycles. The first-order valence-electron chi connectivity index (χ1n) is 6.09. The molecule has 1 saturated heterocycles. The summed E-state index contributed by atoms with van der Waals surface area (Å²) in [5.41, 5.74) is 1.18. The highest BCUT2D eigenvalue weighted by Gasteiger charge is 2.18. The maximum absolute atomic E-state index is 7.00. The molecule has 0 aliphatic carbocycles. The Labute approximate surface area is 124 Å². The van der Waals surface area contributed by atoms with E-state index in [2.05, 4.69) is 10.2 Å². The molecule has 1 unspecified atom stereocenters. The molecule has 1 atom stereocenters. The molecule has 1 aromatic rings. The number of morpholine rings is 1. The maximum Gasteiger partial charge on any atom is 0.120 e. The van der Waals surface area contributed by atoms with E-state index in [1.54, 1.807) is 0 Å². The summed E-state index contributed by atoms with van der Waals surface area (Å²) in [6.07, 6.45) is 0.117. The largest absolute Gasteiger partial charge is 0.400 e. The van der Waals surface area contributed by atoms with Crippen molar-refractivity contribution >= 4 is 23.2 Å². The first-order chi connectivity index (χ1) is 9.19. The monoisotopic (exact) mass is 306 g/mol. The van der Waals surface area contributed by atoms with Gasteiger partial charge in [-0.05, 0) is 24.7 Å². The van der Waals surface area contributed by atoms with Crippen LogP contribution in [-0.2, 0) is 11.3 Å². The molecule has 4 nitrogen and oxygen atoms in total. The Morgan fingerprint density at radius 3 is 2.74 bits per heavy atom. The number of benzene rings is 1. The Hall–Kier alpha value is -0.360. The van der Waals surface area contributed by atoms with Gasteiger partial charge in [-0.1, -0.05) is 29.3 Å². The number of ether oxygens (including phenoxy) is 1. The molecule has 1 aliphatic rings. The minimum absolute atomic E-state index is 0.117. The molecule has 0 amide bonds. The summed E-state index contributed by atoms with van der Waals surface area (Å²) in [6, 6.07) is 5.78. The van der Waals surface area contributed by atoms with Crippen molar-refractivity contribution < 1.29 is 9.84 Å². The third-order valence-electron chi connectivity index (χ3n) is 2.86. The van der Waals surface area contributed by atoms with E-state index in [1.807, 2.05) is 25.2 Å². The third kappa shape index (κ3) is 5.26. The predicted molar refractivity (Wildman–Crippen MR) is 78.7 cm³/mol. The van der Waals surface area contributed by atoms with Crippen molar-refractivity contribution in [3.8, 4) is 0 Å². The topological polar surface area (TPSA) is 44.7 Å². The minimum Gasteiger partial charge on any atom is -0.400 e. The minimum atomic E-state index is 0.117. The molecule has 19 heavy (non-hydrogen) atoms. The Morgan fingerprint density at radius 2 is 2.11 bits per heavy atom. The number of hydrogen-bond donors (Lipinski definition) is 2. The molecule has 1 heterocycles. The van der Waals surface area contributed by atoms with Gasteiger partial charge in [0, 0.05) is 26.7 Å². The Bertz CT molecular complexity index is 391. The Balaban J connectivity index is 0.000000861. The Kier molecular flexibility index (Phi) is 7.68. The molecule has 2 rings (SSSR count). The van der Waals surface area contributed by atoms with E-state index < -0.39 is 0 Å². The van der Waals surface area contributed by atoms with Crippen LogP contribution in [0.2, 0.25) is 10.0 Å². The van der Waals surface area contributed by atoms with Crippen LogP contribution in [0, 0.1) is 0 Å². The quantitative estimate of drug-likeness (QED) is 0.896. The highest BCUT2D eigenvalue weighted by atomic mass is 35.5. The van der Waals surface area contributed by atoms with Gasteiger partial charge in [0.1, 0.15) is 6.23 Å². The van der Waals surface area contributed by atoms with Crippen LogP contribution in [0.1, 0.15) is 5.56 Å². The van der Waals surface area contributed by atoms with Crippen LogP contribution >= 0.6 is 23.2 Å². The van der Waals surface area contributed by atoms with Gasteiger partial charge in [-0.3, -0.25) is 10.2 Å². The van der Waals surface area contributed by atoms with E-state index in [9.17, 15) is 0 Å². The van der Waals surface area contributed by atoms with Crippen LogP contribution in [0.4, 0.5) is 0 Å². The summed E-state index contributed by atoms with van der Waals surface area (Å²) in [4.78, 5) is 2.34. The highest BCUT2D eigenvalue weighted by molar-refractivity contribution is 6.42. The lowest BCUT2D eigenvalue weighted by atomic mass is 10.2. The molecule has 1 fully saturated rings. The number of aliphatic hydroxyl groups is 1. The summed E-state index contributed by atoms with van der Waals surface area (Å²) in [5.74, 6) is 0. The number of rotatable bonds is 3. The average Bonchev–Trinajstić information content (AvgIpc) is 2.45. The second-order valence-corrected chi connectivity index (χ2v) is 4.95. The zero-order valence-corrected chi connectivity index (χ0v) is 12.7. The lowest BCUT2D eigenvalue weighted by Gasteiger charge is -2.32. The zero-order valence-electron chi connectivity index (χ0n) is 11.2. The summed E-state index contributed by atoms with van der Waals surface area (Å²) in [5, 5.41) is 11.3. The predicted octanol–water partition coefficient (Wildman–Crippen LogP) is 1.98. The molecule has 108 valence electrons. The molecule has 6 heteroatoms. The number of likely N-dealkylation sites (N-methyl/N-ethyl adjacent to an activating group) is 1. The smallest absolute Gasteiger partial charge is 0.120 e. The molecule has 1 aromatic carbocycles. The van der Waals surface area contributed by atoms with Gasteiger partial charge >= 0.3 is 0 Å². The summed E-state index contributed by atoms with van der Waals surface area (Å²) >= 11 is 11.9. The fraction of sp³-hybridized carbons (Fsp3) is 0.538. The van der Waals surface area contributed by atoms with Gasteiger partial charge in [0.25, 0.3) is 0 Å². The third-order valence-corrected chi connectivity index (χ3v) is 3.60. The highest BCUT2D eigenvalue weighted by Crippen LogP contribution is 2.23. The van der Waals surface area contributed by atoms with E-state index in [0.717, 1.165) is 33.4 Å². The SMILES string of the molecule is CNC1CN(Cc2ccc(Cl)c(Cl)c2)CCO1.CO. The van der Waals surface area contributed by atoms with E-state index in [4.69, 9.17) is 33.0 Å². The van der Waals surface area contributed by atoms with Crippen LogP contribution in [0.3, 0.4) is 0 Å². The summed E-state index contributed by atoms with van der Waals surface area (Å²) in [6.45, 7) is 3.46. The first kappa shape index (κ1) is 16.7. The van der Waals surface area contributed by atoms with Gasteiger partial charge in [-0.25, -0.2) is 0 Å². The number of hydrogen-bond acceptors (Lipinski definition) is 4. The Morgan fingerprint density at radius 1 is 1.37 bits per heavy atom. The van der Waals surface area contributed by atoms with E-state index >= 15 is 0 Å². The second-order valence-electron chi connectivity index (χ2n) is 4.13. The molecular formula is C13H20Cl2N2O2. The van der Waals surface area contributed by atoms with Crippen LogP contribution in [0.5, 0.6) is 0 Å². The van der Waals surface area contributed by atoms with Crippen LogP contribution in [-0.4, -0.2) is 50.1 Å². The standard InChI is InChI=1S/C12H16Cl2N2O.CH4O/c1-15-12-8-16(4-5-17-12)7-9-2-3-10(13)11(14)6-9;1-2/h2-3,6,12,15H,4-5,7-8H2,1H3;2H,1H3. The summed E-state index contributed by atoms with van der Waals surface area (Å²) in [7, 11) is 2.91. The molecule has 0 aromatic heterocycles. The van der Waals surface area contributed by atoms with Crippen LogP contribution in [0.25, 0.3) is 0 Å². The van der Waals surface area contributed by atoms with Crippen molar-refractivity contribution in [2.45, 2.75) is 12.8 Å². The molecule has 0 saturated carbocycles. The zero-order chi connectivity index (χ0) is 14.3. The number of halogens is 2. The van der Waals surface area contributed by atoms with E-state index in [1.165, 1.54) is 5.56 Å². The summed E-state index contributed by atoms with van der Waals surface area (Å²) < 4.78 is 5.54. The fourth-order valence-electron chi connectivity index (χ4n) is 1.92. The average molecular weight is 307 g/mol. The lowest BCUT2D eigenvalue weighted by Crippen LogP contribution is -2.47. The van der Waals surface area contributed by atoms with Gasteiger partial charge in [-0.15, -0.1) is 0 Å². The molecule has 2 N–H and O–H groups in total. The van der Waals surface area contributed by atoms with Gasteiger partial charge < -0.3 is 9.84 Å². The van der Waals surface area contributed by atoms with Crippen molar-refractivity contribution in [2.24, 2.45) is 0 Å². The molecule has 0 spiro atoms. The first-order valence-corrected chi connectivity index (χ1v) is 6.84. The normalized spacial score (nSPS) is 19.7. The van der Waals surface area contributed by atoms with Crippen molar-refractivity contribution in [3.05, 3.63) is 33.8 Å². The van der Waals surface area contributed by atoms with Crippen LogP contribution < -0.4 is 5.32 Å². The van der Waals surface area contributed by atoms with Crippen LogP contribution in [0.15, 0.2) is 18.2 Å². The second kappa shape index (κ2) is 8.74. The van der Waals surface area contributed by atoms with Crippen molar-refractivity contribution in [2.75, 3.05) is 33.9 Å². The van der Waals surface area contributed by atoms with Gasteiger partial charge in [0.05, 0.1) is 16.7 Å². The molecular weight excluding hydrogens is 287 g/mol. The van der Waals surface area contributed by atoms with Gasteiger partial charge in [0.2, 0.25) is 0 Å². The van der Waals surface area contributed by atoms with Gasteiger partial charge in [-0.2, -0.15) is 0 Å². The van der Waals surface area contributed by atoms with Crippen molar-refractivity contribution in [3.63, 3.8) is 0 Å². The number of nitrogens with one attached hydrogen (secondary N) is 1. The lowest BCUT2D eigenvalue weighted by molar-refractivity contribution is -0.0442. The maximum atomic E-state index is 7.00. The number of nitrogens with zero attached hydrogens (tertiary/aromatic N) is 1. The fourth-order valence-corrected chi connectivity index (χ4v) is 2.24. The van der Waals surface area contributed by atoms with E-state index in [0.29, 0.717) is 10.0 Å². The van der Waals surface area contributed by atoms with Crippen molar-refractivity contribution in [1.29, 1.82) is 0 Å². The molecule has 0 radical (unpaired) electrons. The van der Waals surface area contributed by atoms with Crippen molar-refractivity contribution in [1.82, 2.24) is 10.2 Å². The number of aliphatic hydroxyl groups excluding tert-OH is 1. The van der Waals surface area contributed by atoms with Gasteiger partial charge in [0.15, 0.2) is 0 Å².